The van der Waals surface area contributed by atoms with Gasteiger partial charge in [-0.2, -0.15) is 0 Å². The molecule has 11 aromatic rings. The van der Waals surface area contributed by atoms with E-state index in [9.17, 15) is 0 Å². The summed E-state index contributed by atoms with van der Waals surface area (Å²) in [6, 6.07) is 60.9. The van der Waals surface area contributed by atoms with Gasteiger partial charge >= 0.3 is 0 Å². The summed E-state index contributed by atoms with van der Waals surface area (Å²) >= 11 is 3.53. The second-order valence-electron chi connectivity index (χ2n) is 13.6. The highest BCUT2D eigenvalue weighted by atomic mass is 32.1. The summed E-state index contributed by atoms with van der Waals surface area (Å²) in [5.74, 6) is 2.68. The molecular formula is C49H29N5S2. The fourth-order valence-electron chi connectivity index (χ4n) is 7.50. The fraction of sp³-hybridized carbons (Fsp3) is 0. The molecule has 0 unspecified atom stereocenters. The van der Waals surface area contributed by atoms with E-state index in [0.717, 1.165) is 65.2 Å². The Labute approximate surface area is 330 Å². The first-order valence-corrected chi connectivity index (χ1v) is 20.1. The van der Waals surface area contributed by atoms with E-state index in [-0.39, 0.29) is 0 Å². The van der Waals surface area contributed by atoms with Gasteiger partial charge in [0, 0.05) is 58.1 Å². The highest BCUT2D eigenvalue weighted by molar-refractivity contribution is 7.26. The van der Waals surface area contributed by atoms with Gasteiger partial charge in [0.2, 0.25) is 0 Å². The molecule has 0 aliphatic heterocycles. The van der Waals surface area contributed by atoms with E-state index in [2.05, 4.69) is 109 Å². The Kier molecular flexibility index (Phi) is 7.79. The second kappa shape index (κ2) is 13.4. The lowest BCUT2D eigenvalue weighted by Gasteiger charge is -2.10. The molecule has 11 rings (SSSR count). The van der Waals surface area contributed by atoms with E-state index < -0.39 is 0 Å². The molecule has 7 heteroatoms. The molecule has 0 amide bonds. The largest absolute Gasteiger partial charge is 0.226 e. The smallest absolute Gasteiger partial charge is 0.165 e. The Balaban J connectivity index is 1.03. The number of nitrogens with zero attached hydrogens (tertiary/aromatic N) is 5. The number of fused-ring (bicyclic) bond motifs is 6. The zero-order chi connectivity index (χ0) is 37.0. The van der Waals surface area contributed by atoms with Crippen LogP contribution in [0.1, 0.15) is 0 Å². The van der Waals surface area contributed by atoms with Crippen LogP contribution in [-0.2, 0) is 0 Å². The number of aromatic nitrogens is 5. The van der Waals surface area contributed by atoms with Gasteiger partial charge < -0.3 is 0 Å². The van der Waals surface area contributed by atoms with Gasteiger partial charge in [0.15, 0.2) is 23.3 Å². The lowest BCUT2D eigenvalue weighted by Crippen LogP contribution is -2.00. The molecule has 0 saturated carbocycles. The monoisotopic (exact) mass is 751 g/mol. The van der Waals surface area contributed by atoms with Crippen molar-refractivity contribution < 1.29 is 0 Å². The summed E-state index contributed by atoms with van der Waals surface area (Å²) < 4.78 is 4.68. The van der Waals surface area contributed by atoms with Gasteiger partial charge in [0.05, 0.1) is 15.9 Å². The maximum absolute atomic E-state index is 5.20. The fourth-order valence-corrected chi connectivity index (χ4v) is 9.90. The SMILES string of the molecule is c1ccc(-c2nc(-c3ccccc3)nc(-c3cccc4c3sc3cccc(-c5ccc(-c6nc(-c7ccccc7)c7sc8ccccc8c7n6)cc5)c34)n2)cc1. The van der Waals surface area contributed by atoms with Crippen molar-refractivity contribution in [3.05, 3.63) is 176 Å². The first-order valence-electron chi connectivity index (χ1n) is 18.4. The third kappa shape index (κ3) is 5.56. The third-order valence-electron chi connectivity index (χ3n) is 10.2. The van der Waals surface area contributed by atoms with Gasteiger partial charge in [0.25, 0.3) is 0 Å². The van der Waals surface area contributed by atoms with Crippen molar-refractivity contribution in [1.29, 1.82) is 0 Å². The molecular weight excluding hydrogens is 723 g/mol. The first kappa shape index (κ1) is 32.5. The van der Waals surface area contributed by atoms with Crippen molar-refractivity contribution in [2.45, 2.75) is 0 Å². The maximum atomic E-state index is 5.20. The van der Waals surface area contributed by atoms with E-state index in [1.54, 1.807) is 22.7 Å². The van der Waals surface area contributed by atoms with E-state index in [1.807, 2.05) is 66.7 Å². The van der Waals surface area contributed by atoms with Crippen LogP contribution in [-0.4, -0.2) is 24.9 Å². The molecule has 0 atom stereocenters. The summed E-state index contributed by atoms with van der Waals surface area (Å²) in [5.41, 5.74) is 9.22. The van der Waals surface area contributed by atoms with Gasteiger partial charge in [-0.15, -0.1) is 22.7 Å². The summed E-state index contributed by atoms with van der Waals surface area (Å²) in [6.45, 7) is 0. The van der Waals surface area contributed by atoms with E-state index in [4.69, 9.17) is 24.9 Å². The summed E-state index contributed by atoms with van der Waals surface area (Å²) in [5, 5.41) is 3.55. The molecule has 0 fully saturated rings. The Morgan fingerprint density at radius 3 is 1.52 bits per heavy atom. The third-order valence-corrected chi connectivity index (χ3v) is 12.6. The standard InChI is InChI=1S/C49H29N5S2/c1-4-14-31(15-5-1)42-45-43(36-20-10-11-24-39(36)55-45)51-46(50-42)34-28-26-30(27-29-34)35-21-13-25-40-41(35)37-22-12-23-38(44(37)56-40)49-53-47(32-16-6-2-7-17-32)52-48(54-49)33-18-8-3-9-19-33/h1-29H. The quantitative estimate of drug-likeness (QED) is 0.169. The molecule has 4 heterocycles. The van der Waals surface area contributed by atoms with Gasteiger partial charge in [0.1, 0.15) is 0 Å². The summed E-state index contributed by atoms with van der Waals surface area (Å²) in [6.07, 6.45) is 0. The lowest BCUT2D eigenvalue weighted by atomic mass is 9.97. The van der Waals surface area contributed by atoms with Crippen LogP contribution in [0.2, 0.25) is 0 Å². The molecule has 0 spiro atoms. The normalized spacial score (nSPS) is 11.6. The minimum absolute atomic E-state index is 0.652. The number of benzene rings is 7. The Bertz CT molecular complexity index is 3170. The van der Waals surface area contributed by atoms with Crippen molar-refractivity contribution in [2.75, 3.05) is 0 Å². The predicted molar refractivity (Wildman–Crippen MR) is 234 cm³/mol. The molecule has 4 aromatic heterocycles. The van der Waals surface area contributed by atoms with E-state index in [0.29, 0.717) is 17.5 Å². The number of hydrogen-bond acceptors (Lipinski definition) is 7. The van der Waals surface area contributed by atoms with Crippen molar-refractivity contribution in [1.82, 2.24) is 24.9 Å². The predicted octanol–water partition coefficient (Wildman–Crippen LogP) is 13.4. The average Bonchev–Trinajstić information content (AvgIpc) is 3.86. The number of hydrogen-bond donors (Lipinski definition) is 0. The summed E-state index contributed by atoms with van der Waals surface area (Å²) in [4.78, 5) is 25.4. The van der Waals surface area contributed by atoms with Crippen molar-refractivity contribution in [3.63, 3.8) is 0 Å². The Morgan fingerprint density at radius 2 is 0.804 bits per heavy atom. The van der Waals surface area contributed by atoms with Gasteiger partial charge in [-0.25, -0.2) is 24.9 Å². The molecule has 262 valence electrons. The Morgan fingerprint density at radius 1 is 0.304 bits per heavy atom. The van der Waals surface area contributed by atoms with Crippen molar-refractivity contribution >= 4 is 63.1 Å². The molecule has 0 saturated heterocycles. The maximum Gasteiger partial charge on any atom is 0.165 e. The van der Waals surface area contributed by atoms with Crippen LogP contribution in [0.15, 0.2) is 176 Å². The minimum atomic E-state index is 0.652. The number of rotatable bonds is 6. The van der Waals surface area contributed by atoms with Gasteiger partial charge in [-0.3, -0.25) is 0 Å². The molecule has 0 radical (unpaired) electrons. The minimum Gasteiger partial charge on any atom is -0.226 e. The molecule has 7 aromatic carbocycles. The first-order chi connectivity index (χ1) is 27.7. The van der Waals surface area contributed by atoms with Crippen LogP contribution >= 0.6 is 22.7 Å². The van der Waals surface area contributed by atoms with Crippen molar-refractivity contribution in [2.24, 2.45) is 0 Å². The van der Waals surface area contributed by atoms with Crippen molar-refractivity contribution in [3.8, 4) is 67.9 Å². The van der Waals surface area contributed by atoms with Gasteiger partial charge in [-0.05, 0) is 29.3 Å². The molecule has 0 aliphatic carbocycles. The highest BCUT2D eigenvalue weighted by Gasteiger charge is 2.20. The topological polar surface area (TPSA) is 64.5 Å². The van der Waals surface area contributed by atoms with Crippen LogP contribution in [0.5, 0.6) is 0 Å². The van der Waals surface area contributed by atoms with Crippen LogP contribution < -0.4 is 0 Å². The average molecular weight is 752 g/mol. The van der Waals surface area contributed by atoms with Crippen LogP contribution in [0.25, 0.3) is 108 Å². The zero-order valence-corrected chi connectivity index (χ0v) is 31.4. The molecule has 56 heavy (non-hydrogen) atoms. The molecule has 5 nitrogen and oxygen atoms in total. The number of thiophene rings is 2. The summed E-state index contributed by atoms with van der Waals surface area (Å²) in [7, 11) is 0. The van der Waals surface area contributed by atoms with Gasteiger partial charge in [-0.1, -0.05) is 158 Å². The second-order valence-corrected chi connectivity index (χ2v) is 15.7. The molecule has 0 bridgehead atoms. The van der Waals surface area contributed by atoms with Crippen LogP contribution in [0, 0.1) is 0 Å². The Hall–Kier alpha value is -6.93. The zero-order valence-electron chi connectivity index (χ0n) is 29.8. The van der Waals surface area contributed by atoms with E-state index in [1.165, 1.54) is 25.7 Å². The van der Waals surface area contributed by atoms with Crippen LogP contribution in [0.3, 0.4) is 0 Å². The van der Waals surface area contributed by atoms with Crippen LogP contribution in [0.4, 0.5) is 0 Å². The highest BCUT2D eigenvalue weighted by Crippen LogP contribution is 2.44. The lowest BCUT2D eigenvalue weighted by molar-refractivity contribution is 1.08. The molecule has 0 aliphatic rings. The molecule has 0 N–H and O–H groups in total. The van der Waals surface area contributed by atoms with E-state index >= 15 is 0 Å².